The van der Waals surface area contributed by atoms with Crippen LogP contribution >= 0.6 is 11.6 Å². The van der Waals surface area contributed by atoms with Crippen molar-refractivity contribution in [3.8, 4) is 17.4 Å². The molecule has 0 aliphatic heterocycles. The summed E-state index contributed by atoms with van der Waals surface area (Å²) in [6, 6.07) is 15.4. The molecule has 0 fully saturated rings. The second-order valence-corrected chi connectivity index (χ2v) is 4.86. The topological polar surface area (TPSA) is 36.9 Å². The van der Waals surface area contributed by atoms with Crippen molar-refractivity contribution in [2.24, 2.45) is 0 Å². The van der Waals surface area contributed by atoms with Gasteiger partial charge in [-0.15, -0.1) is 0 Å². The molecule has 0 spiro atoms. The van der Waals surface area contributed by atoms with E-state index >= 15 is 0 Å². The van der Waals surface area contributed by atoms with E-state index in [4.69, 9.17) is 16.0 Å². The lowest BCUT2D eigenvalue weighted by molar-refractivity contribution is 0.630. The molecular weight excluding hydrogens is 258 g/mol. The van der Waals surface area contributed by atoms with Gasteiger partial charge >= 0.3 is 0 Å². The standard InChI is InChI=1S/C16H10ClNO/c1-10-2-7-15-13(8-10)14(9-18)16(19-15)11-3-5-12(17)6-4-11/h2-8H,1H3. The summed E-state index contributed by atoms with van der Waals surface area (Å²) in [5.74, 6) is 0.597. The Labute approximate surface area is 115 Å². The smallest absolute Gasteiger partial charge is 0.153 e. The third kappa shape index (κ3) is 1.99. The lowest BCUT2D eigenvalue weighted by Crippen LogP contribution is -1.79. The summed E-state index contributed by atoms with van der Waals surface area (Å²) in [4.78, 5) is 0. The number of hydrogen-bond donors (Lipinski definition) is 0. The lowest BCUT2D eigenvalue weighted by atomic mass is 10.1. The molecule has 2 aromatic carbocycles. The van der Waals surface area contributed by atoms with Crippen molar-refractivity contribution < 1.29 is 4.42 Å². The molecule has 92 valence electrons. The fourth-order valence-corrected chi connectivity index (χ4v) is 2.25. The Morgan fingerprint density at radius 2 is 1.84 bits per heavy atom. The summed E-state index contributed by atoms with van der Waals surface area (Å²) >= 11 is 5.88. The molecule has 3 rings (SSSR count). The van der Waals surface area contributed by atoms with Gasteiger partial charge in [0.25, 0.3) is 0 Å². The zero-order valence-corrected chi connectivity index (χ0v) is 11.0. The van der Waals surface area contributed by atoms with Gasteiger partial charge in [-0.1, -0.05) is 23.2 Å². The first kappa shape index (κ1) is 11.8. The number of rotatable bonds is 1. The average Bonchev–Trinajstić information content (AvgIpc) is 2.77. The molecule has 0 atom stereocenters. The number of aryl methyl sites for hydroxylation is 1. The molecule has 0 aliphatic rings. The predicted octanol–water partition coefficient (Wildman–Crippen LogP) is 4.93. The van der Waals surface area contributed by atoms with Gasteiger partial charge in [0.2, 0.25) is 0 Å². The Morgan fingerprint density at radius 1 is 1.11 bits per heavy atom. The van der Waals surface area contributed by atoms with E-state index in [1.165, 1.54) is 0 Å². The summed E-state index contributed by atoms with van der Waals surface area (Å²) in [5.41, 5.74) is 3.26. The number of hydrogen-bond acceptors (Lipinski definition) is 2. The van der Waals surface area contributed by atoms with Crippen molar-refractivity contribution in [3.63, 3.8) is 0 Å². The van der Waals surface area contributed by atoms with E-state index in [0.717, 1.165) is 22.1 Å². The third-order valence-electron chi connectivity index (χ3n) is 3.06. The van der Waals surface area contributed by atoms with Gasteiger partial charge in [-0.2, -0.15) is 5.26 Å². The fourth-order valence-electron chi connectivity index (χ4n) is 2.13. The summed E-state index contributed by atoms with van der Waals surface area (Å²) in [6.45, 7) is 2.00. The molecule has 0 saturated heterocycles. The quantitative estimate of drug-likeness (QED) is 0.627. The summed E-state index contributed by atoms with van der Waals surface area (Å²) in [5, 5.41) is 10.9. The van der Waals surface area contributed by atoms with Crippen molar-refractivity contribution in [2.75, 3.05) is 0 Å². The zero-order chi connectivity index (χ0) is 13.4. The summed E-state index contributed by atoms with van der Waals surface area (Å²) < 4.78 is 5.81. The molecule has 3 aromatic rings. The van der Waals surface area contributed by atoms with Crippen molar-refractivity contribution >= 4 is 22.6 Å². The van der Waals surface area contributed by atoms with E-state index in [2.05, 4.69) is 6.07 Å². The lowest BCUT2D eigenvalue weighted by Gasteiger charge is -1.97. The van der Waals surface area contributed by atoms with Crippen LogP contribution in [0, 0.1) is 18.3 Å². The Bertz CT molecular complexity index is 794. The third-order valence-corrected chi connectivity index (χ3v) is 3.31. The zero-order valence-electron chi connectivity index (χ0n) is 10.3. The van der Waals surface area contributed by atoms with Gasteiger partial charge in [-0.3, -0.25) is 0 Å². The predicted molar refractivity (Wildman–Crippen MR) is 76.1 cm³/mol. The van der Waals surface area contributed by atoms with Gasteiger partial charge in [0.1, 0.15) is 17.2 Å². The monoisotopic (exact) mass is 267 g/mol. The number of halogens is 1. The highest BCUT2D eigenvalue weighted by atomic mass is 35.5. The van der Waals surface area contributed by atoms with E-state index in [1.54, 1.807) is 12.1 Å². The number of benzene rings is 2. The maximum Gasteiger partial charge on any atom is 0.153 e. The molecule has 1 aromatic heterocycles. The molecule has 0 saturated carbocycles. The molecule has 19 heavy (non-hydrogen) atoms. The van der Waals surface area contributed by atoms with E-state index in [0.29, 0.717) is 16.3 Å². The van der Waals surface area contributed by atoms with Crippen molar-refractivity contribution in [2.45, 2.75) is 6.92 Å². The molecule has 0 aliphatic carbocycles. The first-order chi connectivity index (χ1) is 9.19. The minimum absolute atomic E-state index is 0.570. The second-order valence-electron chi connectivity index (χ2n) is 4.42. The van der Waals surface area contributed by atoms with Gasteiger partial charge in [0.05, 0.1) is 0 Å². The first-order valence-electron chi connectivity index (χ1n) is 5.88. The van der Waals surface area contributed by atoms with Crippen LogP contribution in [0.15, 0.2) is 46.9 Å². The van der Waals surface area contributed by atoms with Crippen LogP contribution in [-0.4, -0.2) is 0 Å². The largest absolute Gasteiger partial charge is 0.455 e. The Balaban J connectivity index is 2.29. The van der Waals surface area contributed by atoms with Gasteiger partial charge in [-0.25, -0.2) is 0 Å². The molecule has 1 heterocycles. The van der Waals surface area contributed by atoms with Gasteiger partial charge in [0, 0.05) is 16.0 Å². The number of furan rings is 1. The molecule has 0 unspecified atom stereocenters. The van der Waals surface area contributed by atoms with Crippen LogP contribution in [0.1, 0.15) is 11.1 Å². The second kappa shape index (κ2) is 4.46. The highest BCUT2D eigenvalue weighted by Gasteiger charge is 2.15. The number of fused-ring (bicyclic) bond motifs is 1. The highest BCUT2D eigenvalue weighted by Crippen LogP contribution is 2.33. The van der Waals surface area contributed by atoms with Crippen LogP contribution < -0.4 is 0 Å². The highest BCUT2D eigenvalue weighted by molar-refractivity contribution is 6.30. The number of nitrogens with zero attached hydrogens (tertiary/aromatic N) is 1. The summed E-state index contributed by atoms with van der Waals surface area (Å²) in [7, 11) is 0. The van der Waals surface area contributed by atoms with Gasteiger partial charge in [-0.05, 0) is 43.3 Å². The minimum atomic E-state index is 0.570. The average molecular weight is 268 g/mol. The first-order valence-corrected chi connectivity index (χ1v) is 6.26. The van der Waals surface area contributed by atoms with Crippen LogP contribution in [0.25, 0.3) is 22.3 Å². The molecule has 0 amide bonds. The Hall–Kier alpha value is -2.24. The van der Waals surface area contributed by atoms with E-state index in [9.17, 15) is 5.26 Å². The maximum atomic E-state index is 9.38. The van der Waals surface area contributed by atoms with Crippen LogP contribution in [0.4, 0.5) is 0 Å². The van der Waals surface area contributed by atoms with E-state index in [-0.39, 0.29) is 0 Å². The molecule has 0 bridgehead atoms. The van der Waals surface area contributed by atoms with Crippen LogP contribution in [0.3, 0.4) is 0 Å². The molecule has 0 radical (unpaired) electrons. The van der Waals surface area contributed by atoms with E-state index in [1.807, 2.05) is 37.3 Å². The van der Waals surface area contributed by atoms with Crippen molar-refractivity contribution in [3.05, 3.63) is 58.6 Å². The normalized spacial score (nSPS) is 10.6. The van der Waals surface area contributed by atoms with Crippen molar-refractivity contribution in [1.82, 2.24) is 0 Å². The summed E-state index contributed by atoms with van der Waals surface area (Å²) in [6.07, 6.45) is 0. The molecule has 0 N–H and O–H groups in total. The molecule has 2 nitrogen and oxygen atoms in total. The maximum absolute atomic E-state index is 9.38. The van der Waals surface area contributed by atoms with Crippen molar-refractivity contribution in [1.29, 1.82) is 5.26 Å². The molecule has 3 heteroatoms. The van der Waals surface area contributed by atoms with Gasteiger partial charge in [0.15, 0.2) is 5.76 Å². The van der Waals surface area contributed by atoms with E-state index < -0.39 is 0 Å². The number of nitriles is 1. The molecular formula is C16H10ClNO. The minimum Gasteiger partial charge on any atom is -0.455 e. The fraction of sp³-hybridized carbons (Fsp3) is 0.0625. The van der Waals surface area contributed by atoms with Crippen LogP contribution in [0.2, 0.25) is 5.02 Å². The van der Waals surface area contributed by atoms with Crippen LogP contribution in [0.5, 0.6) is 0 Å². The Morgan fingerprint density at radius 3 is 2.53 bits per heavy atom. The SMILES string of the molecule is Cc1ccc2oc(-c3ccc(Cl)cc3)c(C#N)c2c1. The van der Waals surface area contributed by atoms with Gasteiger partial charge < -0.3 is 4.42 Å². The Kier molecular flexibility index (Phi) is 2.77. The van der Waals surface area contributed by atoms with Crippen LogP contribution in [-0.2, 0) is 0 Å².